The van der Waals surface area contributed by atoms with Crippen LogP contribution in [0.1, 0.15) is 27.3 Å². The molecular formula is C20H25N3O2. The maximum atomic E-state index is 12.8. The van der Waals surface area contributed by atoms with Crippen LogP contribution in [0.3, 0.4) is 0 Å². The second-order valence-electron chi connectivity index (χ2n) is 7.00. The van der Waals surface area contributed by atoms with Crippen molar-refractivity contribution < 1.29 is 4.79 Å². The number of aromatic nitrogens is 1. The van der Waals surface area contributed by atoms with Crippen molar-refractivity contribution in [3.05, 3.63) is 69.1 Å². The molecule has 0 unspecified atom stereocenters. The highest BCUT2D eigenvalue weighted by molar-refractivity contribution is 5.92. The summed E-state index contributed by atoms with van der Waals surface area (Å²) in [5.41, 5.74) is 3.81. The second kappa shape index (κ2) is 6.84. The van der Waals surface area contributed by atoms with Crippen LogP contribution in [0.5, 0.6) is 0 Å². The average molecular weight is 339 g/mol. The first-order valence-corrected chi connectivity index (χ1v) is 8.57. The second-order valence-corrected chi connectivity index (χ2v) is 7.00. The fourth-order valence-electron chi connectivity index (χ4n) is 3.49. The van der Waals surface area contributed by atoms with Crippen LogP contribution >= 0.6 is 0 Å². The third-order valence-corrected chi connectivity index (χ3v) is 5.19. The third-order valence-electron chi connectivity index (χ3n) is 5.19. The summed E-state index contributed by atoms with van der Waals surface area (Å²) in [5, 5.41) is 0. The van der Waals surface area contributed by atoms with Gasteiger partial charge in [0.1, 0.15) is 5.69 Å². The van der Waals surface area contributed by atoms with Crippen LogP contribution in [0.25, 0.3) is 0 Å². The summed E-state index contributed by atoms with van der Waals surface area (Å²) >= 11 is 0. The minimum atomic E-state index is -0.129. The molecule has 0 N–H and O–H groups in total. The van der Waals surface area contributed by atoms with E-state index in [-0.39, 0.29) is 17.4 Å². The lowest BCUT2D eigenvalue weighted by Crippen LogP contribution is -2.46. The van der Waals surface area contributed by atoms with Crippen LogP contribution in [0.15, 0.2) is 41.2 Å². The van der Waals surface area contributed by atoms with E-state index in [4.69, 9.17) is 0 Å². The minimum Gasteiger partial charge on any atom is -0.344 e. The number of pyridine rings is 1. The van der Waals surface area contributed by atoms with Gasteiger partial charge in [-0.3, -0.25) is 14.5 Å². The van der Waals surface area contributed by atoms with E-state index in [1.807, 2.05) is 21.0 Å². The normalized spacial score (nSPS) is 17.2. The SMILES string of the molecule is Cc1cc(=O)cc(C(=O)N(C)C[C@H]2Cc3ccccc3CN2C)n1C. The number of rotatable bonds is 3. The van der Waals surface area contributed by atoms with Crippen LogP contribution in [-0.4, -0.2) is 47.0 Å². The molecule has 1 aliphatic rings. The van der Waals surface area contributed by atoms with Crippen molar-refractivity contribution in [1.29, 1.82) is 0 Å². The van der Waals surface area contributed by atoms with E-state index in [9.17, 15) is 9.59 Å². The molecule has 132 valence electrons. The van der Waals surface area contributed by atoms with Crippen molar-refractivity contribution in [3.8, 4) is 0 Å². The number of aryl methyl sites for hydroxylation is 1. The zero-order valence-electron chi connectivity index (χ0n) is 15.3. The smallest absolute Gasteiger partial charge is 0.270 e. The number of benzene rings is 1. The van der Waals surface area contributed by atoms with E-state index in [1.165, 1.54) is 17.2 Å². The summed E-state index contributed by atoms with van der Waals surface area (Å²) in [7, 11) is 5.73. The largest absolute Gasteiger partial charge is 0.344 e. The van der Waals surface area contributed by atoms with Gasteiger partial charge in [0.05, 0.1) is 0 Å². The Bertz CT molecular complexity index is 856. The first-order valence-electron chi connectivity index (χ1n) is 8.57. The minimum absolute atomic E-state index is 0.115. The number of nitrogens with zero attached hydrogens (tertiary/aromatic N) is 3. The van der Waals surface area contributed by atoms with Crippen molar-refractivity contribution in [3.63, 3.8) is 0 Å². The molecule has 0 spiro atoms. The Kier molecular flexibility index (Phi) is 4.77. The van der Waals surface area contributed by atoms with E-state index in [0.29, 0.717) is 12.2 Å². The molecule has 0 saturated heterocycles. The number of hydrogen-bond acceptors (Lipinski definition) is 3. The lowest BCUT2D eigenvalue weighted by atomic mass is 9.94. The fourth-order valence-corrected chi connectivity index (χ4v) is 3.49. The van der Waals surface area contributed by atoms with Gasteiger partial charge in [-0.2, -0.15) is 0 Å². The van der Waals surface area contributed by atoms with Crippen molar-refractivity contribution in [2.75, 3.05) is 20.6 Å². The Morgan fingerprint density at radius 1 is 1.20 bits per heavy atom. The number of carbonyl (C=O) groups excluding carboxylic acids is 1. The standard InChI is InChI=1S/C20H25N3O2/c1-14-9-18(24)11-19(23(14)4)20(25)22(3)13-17-10-15-7-5-6-8-16(15)12-21(17)2/h5-9,11,17H,10,12-13H2,1-4H3/t17-/m1/s1. The molecule has 0 bridgehead atoms. The van der Waals surface area contributed by atoms with E-state index < -0.39 is 0 Å². The first kappa shape index (κ1) is 17.4. The summed E-state index contributed by atoms with van der Waals surface area (Å²) in [5.74, 6) is -0.115. The zero-order valence-corrected chi connectivity index (χ0v) is 15.3. The maximum absolute atomic E-state index is 12.8. The van der Waals surface area contributed by atoms with Gasteiger partial charge in [-0.1, -0.05) is 24.3 Å². The number of amides is 1. The van der Waals surface area contributed by atoms with Gasteiger partial charge in [0.2, 0.25) is 0 Å². The molecule has 0 fully saturated rings. The Hall–Kier alpha value is -2.40. The van der Waals surface area contributed by atoms with Gasteiger partial charge < -0.3 is 9.47 Å². The van der Waals surface area contributed by atoms with Crippen LogP contribution < -0.4 is 5.43 Å². The lowest BCUT2D eigenvalue weighted by Gasteiger charge is -2.36. The maximum Gasteiger partial charge on any atom is 0.270 e. The van der Waals surface area contributed by atoms with Gasteiger partial charge in [0.25, 0.3) is 5.91 Å². The monoisotopic (exact) mass is 339 g/mol. The molecule has 1 aromatic carbocycles. The average Bonchev–Trinajstić information content (AvgIpc) is 2.58. The van der Waals surface area contributed by atoms with E-state index in [1.54, 1.807) is 15.5 Å². The Morgan fingerprint density at radius 2 is 1.88 bits per heavy atom. The van der Waals surface area contributed by atoms with Gasteiger partial charge >= 0.3 is 0 Å². The number of fused-ring (bicyclic) bond motifs is 1. The van der Waals surface area contributed by atoms with Gasteiger partial charge in [0.15, 0.2) is 5.43 Å². The summed E-state index contributed by atoms with van der Waals surface area (Å²) in [6.45, 7) is 3.36. The van der Waals surface area contributed by atoms with Crippen molar-refractivity contribution in [2.24, 2.45) is 7.05 Å². The summed E-state index contributed by atoms with van der Waals surface area (Å²) < 4.78 is 1.78. The molecule has 3 rings (SSSR count). The summed E-state index contributed by atoms with van der Waals surface area (Å²) in [6.07, 6.45) is 0.928. The predicted molar refractivity (Wildman–Crippen MR) is 98.8 cm³/mol. The van der Waals surface area contributed by atoms with Gasteiger partial charge in [0, 0.05) is 51.1 Å². The van der Waals surface area contributed by atoms with E-state index in [0.717, 1.165) is 18.7 Å². The molecule has 1 aromatic heterocycles. The highest BCUT2D eigenvalue weighted by Crippen LogP contribution is 2.22. The molecule has 1 aliphatic heterocycles. The Morgan fingerprint density at radius 3 is 2.60 bits per heavy atom. The first-order chi connectivity index (χ1) is 11.9. The molecule has 2 heterocycles. The van der Waals surface area contributed by atoms with E-state index in [2.05, 4.69) is 36.2 Å². The van der Waals surface area contributed by atoms with E-state index >= 15 is 0 Å². The third kappa shape index (κ3) is 3.51. The van der Waals surface area contributed by atoms with Crippen molar-refractivity contribution in [1.82, 2.24) is 14.4 Å². The zero-order chi connectivity index (χ0) is 18.1. The van der Waals surface area contributed by atoms with Crippen LogP contribution in [0, 0.1) is 6.92 Å². The van der Waals surface area contributed by atoms with Crippen LogP contribution in [0.2, 0.25) is 0 Å². The molecule has 5 heteroatoms. The van der Waals surface area contributed by atoms with Gasteiger partial charge in [-0.05, 0) is 31.5 Å². The number of carbonyl (C=O) groups is 1. The summed E-state index contributed by atoms with van der Waals surface area (Å²) in [6, 6.07) is 11.7. The molecule has 25 heavy (non-hydrogen) atoms. The van der Waals surface area contributed by atoms with Crippen LogP contribution in [-0.2, 0) is 20.0 Å². The fraction of sp³-hybridized carbons (Fsp3) is 0.400. The predicted octanol–water partition coefficient (Wildman–Crippen LogP) is 1.82. The molecule has 1 amide bonds. The topological polar surface area (TPSA) is 45.6 Å². The quantitative estimate of drug-likeness (QED) is 0.857. The Balaban J connectivity index is 1.77. The lowest BCUT2D eigenvalue weighted by molar-refractivity contribution is 0.0723. The molecule has 2 aromatic rings. The number of hydrogen-bond donors (Lipinski definition) is 0. The van der Waals surface area contributed by atoms with Gasteiger partial charge in [-0.15, -0.1) is 0 Å². The van der Waals surface area contributed by atoms with Crippen molar-refractivity contribution in [2.45, 2.75) is 25.9 Å². The molecular weight excluding hydrogens is 314 g/mol. The number of likely N-dealkylation sites (N-methyl/N-ethyl adjacent to an activating group) is 2. The molecule has 1 atom stereocenters. The van der Waals surface area contributed by atoms with Crippen LogP contribution in [0.4, 0.5) is 0 Å². The molecule has 0 aliphatic carbocycles. The summed E-state index contributed by atoms with van der Waals surface area (Å²) in [4.78, 5) is 28.6. The Labute approximate surface area is 148 Å². The highest BCUT2D eigenvalue weighted by atomic mass is 16.2. The molecule has 0 saturated carbocycles. The molecule has 0 radical (unpaired) electrons. The highest BCUT2D eigenvalue weighted by Gasteiger charge is 2.26. The van der Waals surface area contributed by atoms with Gasteiger partial charge in [-0.25, -0.2) is 0 Å². The molecule has 5 nitrogen and oxygen atoms in total. The van der Waals surface area contributed by atoms with Crippen molar-refractivity contribution >= 4 is 5.91 Å².